The van der Waals surface area contributed by atoms with Crippen LogP contribution in [0.25, 0.3) is 11.2 Å². The Bertz CT molecular complexity index is 899. The molecule has 0 aliphatic carbocycles. The van der Waals surface area contributed by atoms with Crippen molar-refractivity contribution < 1.29 is 9.53 Å². The molecule has 7 heteroatoms. The zero-order valence-electron chi connectivity index (χ0n) is 14.0. The van der Waals surface area contributed by atoms with E-state index < -0.39 is 0 Å². The lowest BCUT2D eigenvalue weighted by atomic mass is 9.92. The van der Waals surface area contributed by atoms with Gasteiger partial charge >= 0.3 is 0 Å². The lowest BCUT2D eigenvalue weighted by molar-refractivity contribution is 0.0712. The molecule has 1 aliphatic rings. The highest BCUT2D eigenvalue weighted by Crippen LogP contribution is 2.30. The van der Waals surface area contributed by atoms with E-state index in [9.17, 15) is 4.79 Å². The van der Waals surface area contributed by atoms with Gasteiger partial charge in [-0.1, -0.05) is 6.07 Å². The highest BCUT2D eigenvalue weighted by atomic mass is 16.5. The van der Waals surface area contributed by atoms with Crippen LogP contribution in [-0.2, 0) is 0 Å². The van der Waals surface area contributed by atoms with Crippen molar-refractivity contribution in [3.05, 3.63) is 47.9 Å². The molecule has 4 rings (SSSR count). The van der Waals surface area contributed by atoms with E-state index in [1.54, 1.807) is 25.6 Å². The summed E-state index contributed by atoms with van der Waals surface area (Å²) in [5, 5.41) is 7.30. The van der Waals surface area contributed by atoms with Crippen molar-refractivity contribution in [1.82, 2.24) is 25.1 Å². The lowest BCUT2D eigenvalue weighted by Gasteiger charge is -2.31. The van der Waals surface area contributed by atoms with Crippen molar-refractivity contribution in [2.45, 2.75) is 18.8 Å². The molecule has 3 heterocycles. The number of hydrogen-bond donors (Lipinski definition) is 1. The molecule has 25 heavy (non-hydrogen) atoms. The smallest absolute Gasteiger partial charge is 0.253 e. The molecule has 0 atom stereocenters. The van der Waals surface area contributed by atoms with Gasteiger partial charge in [-0.2, -0.15) is 5.10 Å². The largest absolute Gasteiger partial charge is 0.497 e. The van der Waals surface area contributed by atoms with Gasteiger partial charge in [0.25, 0.3) is 5.91 Å². The molecule has 1 aromatic carbocycles. The molecule has 2 aromatic heterocycles. The maximum absolute atomic E-state index is 12.7. The Kier molecular flexibility index (Phi) is 4.05. The van der Waals surface area contributed by atoms with E-state index in [4.69, 9.17) is 4.74 Å². The summed E-state index contributed by atoms with van der Waals surface area (Å²) in [6.07, 6.45) is 5.08. The van der Waals surface area contributed by atoms with Crippen LogP contribution in [0.1, 0.15) is 34.8 Å². The Hall–Kier alpha value is -2.96. The second kappa shape index (κ2) is 6.51. The number of hydrogen-bond acceptors (Lipinski definition) is 5. The van der Waals surface area contributed by atoms with Crippen LogP contribution in [0, 0.1) is 0 Å². The number of likely N-dealkylation sites (tertiary alicyclic amines) is 1. The van der Waals surface area contributed by atoms with Crippen LogP contribution < -0.4 is 4.74 Å². The molecular formula is C18H19N5O2. The van der Waals surface area contributed by atoms with E-state index in [2.05, 4.69) is 20.2 Å². The summed E-state index contributed by atoms with van der Waals surface area (Å²) in [7, 11) is 1.60. The van der Waals surface area contributed by atoms with Crippen LogP contribution in [0.15, 0.2) is 36.7 Å². The third-order valence-electron chi connectivity index (χ3n) is 4.72. The first-order valence-electron chi connectivity index (χ1n) is 8.34. The molecule has 3 aromatic rings. The van der Waals surface area contributed by atoms with Crippen LogP contribution >= 0.6 is 0 Å². The molecule has 1 N–H and O–H groups in total. The summed E-state index contributed by atoms with van der Waals surface area (Å²) in [5.41, 5.74) is 3.17. The van der Waals surface area contributed by atoms with Gasteiger partial charge < -0.3 is 9.64 Å². The number of carbonyl (C=O) groups excluding carboxylic acids is 1. The monoisotopic (exact) mass is 337 g/mol. The third kappa shape index (κ3) is 2.93. The predicted molar refractivity (Wildman–Crippen MR) is 92.6 cm³/mol. The zero-order chi connectivity index (χ0) is 17.2. The topological polar surface area (TPSA) is 84.0 Å². The number of aromatic nitrogens is 4. The Morgan fingerprint density at radius 3 is 2.84 bits per heavy atom. The summed E-state index contributed by atoms with van der Waals surface area (Å²) in [4.78, 5) is 23.2. The minimum Gasteiger partial charge on any atom is -0.497 e. The van der Waals surface area contributed by atoms with Gasteiger partial charge in [-0.3, -0.25) is 9.89 Å². The van der Waals surface area contributed by atoms with Gasteiger partial charge in [-0.25, -0.2) is 9.97 Å². The first-order chi connectivity index (χ1) is 12.3. The van der Waals surface area contributed by atoms with Gasteiger partial charge in [0.2, 0.25) is 0 Å². The summed E-state index contributed by atoms with van der Waals surface area (Å²) in [5.74, 6) is 1.06. The van der Waals surface area contributed by atoms with E-state index >= 15 is 0 Å². The Morgan fingerprint density at radius 2 is 2.04 bits per heavy atom. The molecule has 128 valence electrons. The van der Waals surface area contributed by atoms with Crippen LogP contribution in [0.4, 0.5) is 0 Å². The van der Waals surface area contributed by atoms with Crippen molar-refractivity contribution in [3.8, 4) is 5.75 Å². The highest BCUT2D eigenvalue weighted by Gasteiger charge is 2.27. The molecule has 1 amide bonds. The van der Waals surface area contributed by atoms with Crippen molar-refractivity contribution in [2.75, 3.05) is 20.2 Å². The number of aromatic amines is 1. The number of amides is 1. The molecule has 0 unspecified atom stereocenters. The summed E-state index contributed by atoms with van der Waals surface area (Å²) in [6, 6.07) is 7.29. The van der Waals surface area contributed by atoms with Crippen molar-refractivity contribution in [2.24, 2.45) is 0 Å². The number of fused-ring (bicyclic) bond motifs is 1. The van der Waals surface area contributed by atoms with E-state index in [0.717, 1.165) is 24.1 Å². The fourth-order valence-corrected chi connectivity index (χ4v) is 3.36. The number of piperidine rings is 1. The van der Waals surface area contributed by atoms with Crippen molar-refractivity contribution >= 4 is 17.1 Å². The van der Waals surface area contributed by atoms with Gasteiger partial charge in [0, 0.05) is 37.0 Å². The lowest BCUT2D eigenvalue weighted by Crippen LogP contribution is -2.38. The SMILES string of the molecule is COc1cccc(C(=O)N2CCC(c3[nH]nc4nccnc34)CC2)c1. The Labute approximate surface area is 145 Å². The fraction of sp³-hybridized carbons (Fsp3) is 0.333. The maximum atomic E-state index is 12.7. The highest BCUT2D eigenvalue weighted by molar-refractivity contribution is 5.94. The molecular weight excluding hydrogens is 318 g/mol. The molecule has 0 spiro atoms. The number of nitrogens with zero attached hydrogens (tertiary/aromatic N) is 4. The van der Waals surface area contributed by atoms with E-state index in [-0.39, 0.29) is 5.91 Å². The number of nitrogens with one attached hydrogen (secondary N) is 1. The van der Waals surface area contributed by atoms with Gasteiger partial charge in [0.05, 0.1) is 12.8 Å². The zero-order valence-corrected chi connectivity index (χ0v) is 14.0. The second-order valence-corrected chi connectivity index (χ2v) is 6.16. The maximum Gasteiger partial charge on any atom is 0.253 e. The van der Waals surface area contributed by atoms with Crippen LogP contribution in [-0.4, -0.2) is 51.2 Å². The molecule has 1 saturated heterocycles. The average molecular weight is 337 g/mol. The number of rotatable bonds is 3. The quantitative estimate of drug-likeness (QED) is 0.793. The van der Waals surface area contributed by atoms with E-state index in [1.165, 1.54) is 0 Å². The van der Waals surface area contributed by atoms with Gasteiger partial charge in [0.1, 0.15) is 11.3 Å². The average Bonchev–Trinajstić information content (AvgIpc) is 3.12. The molecule has 0 saturated carbocycles. The fourth-order valence-electron chi connectivity index (χ4n) is 3.36. The first kappa shape index (κ1) is 15.6. The molecule has 7 nitrogen and oxygen atoms in total. The molecule has 1 aliphatic heterocycles. The van der Waals surface area contributed by atoms with E-state index in [0.29, 0.717) is 36.0 Å². The number of carbonyl (C=O) groups is 1. The van der Waals surface area contributed by atoms with Gasteiger partial charge in [-0.15, -0.1) is 0 Å². The Balaban J connectivity index is 1.47. The van der Waals surface area contributed by atoms with Gasteiger partial charge in [-0.05, 0) is 31.0 Å². The molecule has 1 fully saturated rings. The van der Waals surface area contributed by atoms with Gasteiger partial charge in [0.15, 0.2) is 5.65 Å². The van der Waals surface area contributed by atoms with Crippen LogP contribution in [0.2, 0.25) is 0 Å². The van der Waals surface area contributed by atoms with Crippen molar-refractivity contribution in [1.29, 1.82) is 0 Å². The summed E-state index contributed by atoms with van der Waals surface area (Å²) >= 11 is 0. The number of methoxy groups -OCH3 is 1. The number of ether oxygens (including phenoxy) is 1. The molecule has 0 radical (unpaired) electrons. The second-order valence-electron chi connectivity index (χ2n) is 6.16. The van der Waals surface area contributed by atoms with Crippen LogP contribution in [0.5, 0.6) is 5.75 Å². The summed E-state index contributed by atoms with van der Waals surface area (Å²) < 4.78 is 5.20. The van der Waals surface area contributed by atoms with E-state index in [1.807, 2.05) is 23.1 Å². The summed E-state index contributed by atoms with van der Waals surface area (Å²) in [6.45, 7) is 1.42. The third-order valence-corrected chi connectivity index (χ3v) is 4.72. The standard InChI is InChI=1S/C18H19N5O2/c1-25-14-4-2-3-13(11-14)18(24)23-9-5-12(6-10-23)15-16-17(22-21-15)20-8-7-19-16/h2-4,7-8,11-12H,5-6,9-10H2,1H3,(H,20,21,22). The van der Waals surface area contributed by atoms with Crippen LogP contribution in [0.3, 0.4) is 0 Å². The number of benzene rings is 1. The minimum atomic E-state index is 0.0478. The van der Waals surface area contributed by atoms with Crippen molar-refractivity contribution in [3.63, 3.8) is 0 Å². The first-order valence-corrected chi connectivity index (χ1v) is 8.34. The number of H-pyrrole nitrogens is 1. The minimum absolute atomic E-state index is 0.0478. The Morgan fingerprint density at radius 1 is 1.24 bits per heavy atom. The normalized spacial score (nSPS) is 15.5. The predicted octanol–water partition coefficient (Wildman–Crippen LogP) is 2.38. The molecule has 0 bridgehead atoms.